The average molecular weight is 298 g/mol. The molecule has 3 rings (SSSR count). The summed E-state index contributed by atoms with van der Waals surface area (Å²) in [5.74, 6) is 0. The van der Waals surface area contributed by atoms with Crippen molar-refractivity contribution in [3.05, 3.63) is 80.6 Å². The van der Waals surface area contributed by atoms with Gasteiger partial charge in [-0.2, -0.15) is 0 Å². The van der Waals surface area contributed by atoms with Crippen molar-refractivity contribution >= 4 is 0 Å². The molecule has 0 unspecified atom stereocenters. The first-order chi connectivity index (χ1) is 10.7. The molecule has 2 aromatic rings. The lowest BCUT2D eigenvalue weighted by Gasteiger charge is -2.09. The highest BCUT2D eigenvalue weighted by atomic mass is 16.5. The zero-order valence-corrected chi connectivity index (χ0v) is 12.2. The third-order valence-corrected chi connectivity index (χ3v) is 3.80. The van der Waals surface area contributed by atoms with Crippen LogP contribution in [0.15, 0.2) is 63.8 Å². The fourth-order valence-corrected chi connectivity index (χ4v) is 2.67. The second-order valence-electron chi connectivity index (χ2n) is 5.43. The number of ether oxygens (including phenoxy) is 1. The van der Waals surface area contributed by atoms with Gasteiger partial charge in [0.15, 0.2) is 0 Å². The molecule has 1 atom stereocenters. The molecule has 0 spiro atoms. The van der Waals surface area contributed by atoms with Crippen molar-refractivity contribution in [1.82, 2.24) is 9.55 Å². The van der Waals surface area contributed by atoms with Crippen molar-refractivity contribution in [1.29, 1.82) is 0 Å². The molecule has 0 saturated heterocycles. The smallest absolute Gasteiger partial charge is 0.328 e. The number of hydrogen-bond acceptors (Lipinski definition) is 3. The molecule has 22 heavy (non-hydrogen) atoms. The number of hydrogen-bond donors (Lipinski definition) is 1. The summed E-state index contributed by atoms with van der Waals surface area (Å²) in [7, 11) is 0. The van der Waals surface area contributed by atoms with Crippen LogP contribution in [-0.4, -0.2) is 16.2 Å². The van der Waals surface area contributed by atoms with Gasteiger partial charge in [0.05, 0.1) is 19.3 Å². The number of nitrogens with one attached hydrogen (secondary N) is 1. The van der Waals surface area contributed by atoms with Gasteiger partial charge >= 0.3 is 5.69 Å². The first-order valence-corrected chi connectivity index (χ1v) is 7.35. The molecule has 114 valence electrons. The summed E-state index contributed by atoms with van der Waals surface area (Å²) in [6.45, 7) is 1.16. The van der Waals surface area contributed by atoms with Crippen LogP contribution in [0.25, 0.3) is 0 Å². The van der Waals surface area contributed by atoms with Crippen molar-refractivity contribution in [2.45, 2.75) is 25.5 Å². The minimum absolute atomic E-state index is 0.000301. The lowest BCUT2D eigenvalue weighted by atomic mass is 10.2. The van der Waals surface area contributed by atoms with Crippen molar-refractivity contribution in [2.24, 2.45) is 0 Å². The first kappa shape index (κ1) is 14.5. The van der Waals surface area contributed by atoms with Crippen molar-refractivity contribution in [2.75, 3.05) is 6.61 Å². The summed E-state index contributed by atoms with van der Waals surface area (Å²) in [5.41, 5.74) is 1.61. The molecule has 0 saturated carbocycles. The minimum atomic E-state index is -0.366. The molecule has 0 amide bonds. The van der Waals surface area contributed by atoms with Crippen LogP contribution < -0.4 is 11.2 Å². The van der Waals surface area contributed by atoms with Gasteiger partial charge in [-0.1, -0.05) is 36.4 Å². The van der Waals surface area contributed by atoms with Crippen LogP contribution in [0.5, 0.6) is 0 Å². The van der Waals surface area contributed by atoms with Gasteiger partial charge in [-0.3, -0.25) is 14.3 Å². The lowest BCUT2D eigenvalue weighted by Crippen LogP contribution is -2.30. The number of allylic oxidation sites excluding steroid dienone is 1. The Labute approximate surface area is 127 Å². The van der Waals surface area contributed by atoms with Crippen LogP contribution in [-0.2, 0) is 11.3 Å². The molecule has 0 radical (unpaired) electrons. The van der Waals surface area contributed by atoms with Crippen molar-refractivity contribution in [3.8, 4) is 0 Å². The number of aromatic amines is 1. The van der Waals surface area contributed by atoms with Crippen LogP contribution in [0.3, 0.4) is 0 Å². The van der Waals surface area contributed by atoms with Gasteiger partial charge in [0, 0.05) is 12.3 Å². The number of benzene rings is 1. The Kier molecular flexibility index (Phi) is 4.34. The van der Waals surface area contributed by atoms with Gasteiger partial charge in [0.1, 0.15) is 0 Å². The highest BCUT2D eigenvalue weighted by Crippen LogP contribution is 2.27. The molecular weight excluding hydrogens is 280 g/mol. The van der Waals surface area contributed by atoms with E-state index in [4.69, 9.17) is 4.74 Å². The van der Waals surface area contributed by atoms with E-state index in [1.54, 1.807) is 10.8 Å². The highest BCUT2D eigenvalue weighted by molar-refractivity contribution is 5.15. The molecule has 1 aliphatic carbocycles. The van der Waals surface area contributed by atoms with Gasteiger partial charge in [-0.15, -0.1) is 0 Å². The maximum atomic E-state index is 11.8. The Hall–Kier alpha value is -2.40. The number of aromatic nitrogens is 2. The van der Waals surface area contributed by atoms with Gasteiger partial charge in [-0.25, -0.2) is 4.79 Å². The molecule has 1 aliphatic rings. The van der Waals surface area contributed by atoms with E-state index in [2.05, 4.69) is 11.1 Å². The molecule has 1 aromatic carbocycles. The molecular formula is C17H18N2O3. The monoisotopic (exact) mass is 298 g/mol. The Morgan fingerprint density at radius 3 is 2.73 bits per heavy atom. The van der Waals surface area contributed by atoms with Gasteiger partial charge < -0.3 is 4.74 Å². The van der Waals surface area contributed by atoms with Gasteiger partial charge in [0.25, 0.3) is 5.56 Å². The molecule has 1 heterocycles. The summed E-state index contributed by atoms with van der Waals surface area (Å²) >= 11 is 0. The van der Waals surface area contributed by atoms with Crippen LogP contribution in [0, 0.1) is 0 Å². The second kappa shape index (κ2) is 6.58. The number of H-pyrrole nitrogens is 1. The molecule has 0 aliphatic heterocycles. The van der Waals surface area contributed by atoms with Crippen LogP contribution in [0.1, 0.15) is 24.4 Å². The molecule has 5 heteroatoms. The third-order valence-electron chi connectivity index (χ3n) is 3.80. The quantitative estimate of drug-likeness (QED) is 0.859. The largest absolute Gasteiger partial charge is 0.372 e. The van der Waals surface area contributed by atoms with Crippen molar-refractivity contribution in [3.63, 3.8) is 0 Å². The summed E-state index contributed by atoms with van der Waals surface area (Å²) in [4.78, 5) is 25.2. The maximum absolute atomic E-state index is 11.8. The van der Waals surface area contributed by atoms with E-state index in [1.807, 2.05) is 30.3 Å². The topological polar surface area (TPSA) is 64.1 Å². The SMILES string of the molecule is O=c1ccn([C@H]2C=C(COCc3ccccc3)CC2)c(=O)[nH]1. The predicted octanol–water partition coefficient (Wildman–Crippen LogP) is 2.01. The van der Waals surface area contributed by atoms with E-state index >= 15 is 0 Å². The highest BCUT2D eigenvalue weighted by Gasteiger charge is 2.18. The number of nitrogens with zero attached hydrogens (tertiary/aromatic N) is 1. The summed E-state index contributed by atoms with van der Waals surface area (Å²) < 4.78 is 7.28. The van der Waals surface area contributed by atoms with E-state index in [0.29, 0.717) is 13.2 Å². The summed E-state index contributed by atoms with van der Waals surface area (Å²) in [5, 5.41) is 0. The molecule has 1 aromatic heterocycles. The van der Waals surface area contributed by atoms with Crippen LogP contribution >= 0.6 is 0 Å². The van der Waals surface area contributed by atoms with Crippen molar-refractivity contribution < 1.29 is 4.74 Å². The van der Waals surface area contributed by atoms with E-state index in [0.717, 1.165) is 18.4 Å². The van der Waals surface area contributed by atoms with E-state index in [1.165, 1.54) is 11.6 Å². The van der Waals surface area contributed by atoms with E-state index in [-0.39, 0.29) is 17.3 Å². The molecule has 0 bridgehead atoms. The van der Waals surface area contributed by atoms with E-state index < -0.39 is 0 Å². The zero-order chi connectivity index (χ0) is 15.4. The minimum Gasteiger partial charge on any atom is -0.372 e. The van der Waals surface area contributed by atoms with E-state index in [9.17, 15) is 9.59 Å². The maximum Gasteiger partial charge on any atom is 0.328 e. The zero-order valence-electron chi connectivity index (χ0n) is 12.2. The van der Waals surface area contributed by atoms with Crippen LogP contribution in [0.4, 0.5) is 0 Å². The third kappa shape index (κ3) is 3.43. The fraction of sp³-hybridized carbons (Fsp3) is 0.294. The summed E-state index contributed by atoms with van der Waals surface area (Å²) in [6, 6.07) is 11.4. The molecule has 1 N–H and O–H groups in total. The molecule has 0 fully saturated rings. The Balaban J connectivity index is 1.60. The Morgan fingerprint density at radius 1 is 1.14 bits per heavy atom. The second-order valence-corrected chi connectivity index (χ2v) is 5.43. The average Bonchev–Trinajstić information content (AvgIpc) is 2.97. The Bertz CT molecular complexity index is 774. The van der Waals surface area contributed by atoms with Gasteiger partial charge in [-0.05, 0) is 24.0 Å². The normalized spacial score (nSPS) is 17.5. The Morgan fingerprint density at radius 2 is 1.95 bits per heavy atom. The standard InChI is InChI=1S/C17H18N2O3/c20-16-8-9-19(17(21)18-16)15-7-6-14(10-15)12-22-11-13-4-2-1-3-5-13/h1-5,8-10,15H,6-7,11-12H2,(H,18,20,21)/t15-/m1/s1. The lowest BCUT2D eigenvalue weighted by molar-refractivity contribution is 0.141. The summed E-state index contributed by atoms with van der Waals surface area (Å²) in [6.07, 6.45) is 5.38. The predicted molar refractivity (Wildman–Crippen MR) is 83.8 cm³/mol. The fourth-order valence-electron chi connectivity index (χ4n) is 2.67. The molecule has 5 nitrogen and oxygen atoms in total. The first-order valence-electron chi connectivity index (χ1n) is 7.35. The number of rotatable bonds is 5. The van der Waals surface area contributed by atoms with Gasteiger partial charge in [0.2, 0.25) is 0 Å². The van der Waals surface area contributed by atoms with Crippen LogP contribution in [0.2, 0.25) is 0 Å².